The summed E-state index contributed by atoms with van der Waals surface area (Å²) in [5, 5.41) is 9.66. The van der Waals surface area contributed by atoms with Gasteiger partial charge >= 0.3 is 6.03 Å². The molecule has 3 amide bonds. The van der Waals surface area contributed by atoms with Gasteiger partial charge in [-0.3, -0.25) is 4.79 Å². The number of hydrogen-bond acceptors (Lipinski definition) is 5. The summed E-state index contributed by atoms with van der Waals surface area (Å²) < 4.78 is 5.20. The Labute approximate surface area is 155 Å². The molecule has 1 aliphatic carbocycles. The molecule has 26 heavy (non-hydrogen) atoms. The molecule has 0 aliphatic heterocycles. The highest BCUT2D eigenvalue weighted by molar-refractivity contribution is 6.34. The average molecular weight is 378 g/mol. The lowest BCUT2D eigenvalue weighted by molar-refractivity contribution is 0.0828. The van der Waals surface area contributed by atoms with Gasteiger partial charge in [0.25, 0.3) is 5.91 Å². The molecule has 1 saturated carbocycles. The van der Waals surface area contributed by atoms with Crippen LogP contribution >= 0.6 is 11.6 Å². The van der Waals surface area contributed by atoms with Gasteiger partial charge in [-0.15, -0.1) is 0 Å². The van der Waals surface area contributed by atoms with Gasteiger partial charge in [-0.1, -0.05) is 16.8 Å². The second-order valence-corrected chi connectivity index (χ2v) is 6.89. The molecule has 1 aromatic heterocycles. The number of rotatable bonds is 5. The van der Waals surface area contributed by atoms with Crippen LogP contribution in [-0.4, -0.2) is 41.1 Å². The number of nitrogens with one attached hydrogen (secondary N) is 2. The molecule has 0 radical (unpaired) electrons. The molecule has 1 aliphatic rings. The summed E-state index contributed by atoms with van der Waals surface area (Å²) in [4.78, 5) is 30.1. The Morgan fingerprint density at radius 2 is 2.08 bits per heavy atom. The molecule has 138 valence electrons. The van der Waals surface area contributed by atoms with E-state index in [1.807, 2.05) is 0 Å². The number of carbonyl (C=O) groups is 2. The lowest BCUT2D eigenvalue weighted by atomic mass is 10.2. The zero-order valence-electron chi connectivity index (χ0n) is 14.7. The van der Waals surface area contributed by atoms with Gasteiger partial charge in [0, 0.05) is 25.7 Å². The number of nitrogens with zero attached hydrogens (tertiary/aromatic N) is 3. The largest absolute Gasteiger partial charge is 0.345 e. The molecule has 2 aromatic rings. The highest BCUT2D eigenvalue weighted by Gasteiger charge is 2.29. The molecule has 1 aromatic carbocycles. The number of hydrogen-bond donors (Lipinski definition) is 2. The number of benzene rings is 1. The normalized spacial score (nSPS) is 14.6. The molecule has 9 heteroatoms. The summed E-state index contributed by atoms with van der Waals surface area (Å²) in [6.07, 6.45) is 2.15. The highest BCUT2D eigenvalue weighted by atomic mass is 35.5. The van der Waals surface area contributed by atoms with E-state index in [2.05, 4.69) is 20.8 Å². The molecule has 0 spiro atoms. The van der Waals surface area contributed by atoms with Crippen LogP contribution in [0.3, 0.4) is 0 Å². The smallest absolute Gasteiger partial charge is 0.319 e. The van der Waals surface area contributed by atoms with E-state index in [0.29, 0.717) is 33.9 Å². The first-order valence-electron chi connectivity index (χ1n) is 8.27. The van der Waals surface area contributed by atoms with Gasteiger partial charge in [0.05, 0.1) is 10.6 Å². The number of amides is 3. The number of urea groups is 1. The predicted octanol–water partition coefficient (Wildman–Crippen LogP) is 3.18. The lowest BCUT2D eigenvalue weighted by Gasteiger charge is -2.14. The first kappa shape index (κ1) is 18.2. The molecule has 1 atom stereocenters. The van der Waals surface area contributed by atoms with E-state index in [9.17, 15) is 9.59 Å². The van der Waals surface area contributed by atoms with Crippen molar-refractivity contribution in [1.29, 1.82) is 0 Å². The van der Waals surface area contributed by atoms with Crippen molar-refractivity contribution >= 4 is 29.2 Å². The quantitative estimate of drug-likeness (QED) is 0.833. The number of halogens is 1. The van der Waals surface area contributed by atoms with Crippen LogP contribution in [0.4, 0.5) is 10.5 Å². The maximum absolute atomic E-state index is 12.2. The second-order valence-electron chi connectivity index (χ2n) is 6.48. The topological polar surface area (TPSA) is 100 Å². The molecule has 3 rings (SSSR count). The fraction of sp³-hybridized carbons (Fsp3) is 0.412. The number of carbonyl (C=O) groups excluding carboxylic acids is 2. The van der Waals surface area contributed by atoms with Crippen molar-refractivity contribution in [1.82, 2.24) is 20.4 Å². The van der Waals surface area contributed by atoms with Crippen molar-refractivity contribution in [2.45, 2.75) is 31.7 Å². The van der Waals surface area contributed by atoms with E-state index in [1.165, 1.54) is 11.0 Å². The van der Waals surface area contributed by atoms with Crippen LogP contribution in [0.2, 0.25) is 5.02 Å². The van der Waals surface area contributed by atoms with E-state index >= 15 is 0 Å². The maximum atomic E-state index is 12.2. The second kappa shape index (κ2) is 7.33. The molecule has 0 unspecified atom stereocenters. The van der Waals surface area contributed by atoms with Crippen LogP contribution in [0.15, 0.2) is 22.7 Å². The third-order valence-corrected chi connectivity index (χ3v) is 4.31. The van der Waals surface area contributed by atoms with Crippen molar-refractivity contribution in [3.63, 3.8) is 0 Å². The Bertz CT molecular complexity index is 832. The van der Waals surface area contributed by atoms with Crippen molar-refractivity contribution < 1.29 is 14.1 Å². The molecular formula is C17H20ClN5O3. The Kier molecular flexibility index (Phi) is 5.13. The fourth-order valence-electron chi connectivity index (χ4n) is 2.36. The van der Waals surface area contributed by atoms with Crippen molar-refractivity contribution in [3.05, 3.63) is 40.5 Å². The van der Waals surface area contributed by atoms with E-state index in [-0.39, 0.29) is 5.91 Å². The average Bonchev–Trinajstić information content (AvgIpc) is 3.32. The standard InChI is InChI=1S/C17H20ClN5O3/c1-9(15-21-14(22-26-15)10-4-5-10)19-17(25)20-11-6-7-13(18)12(8-11)16(24)23(2)3/h6-10H,4-5H2,1-3H3,(H2,19,20,25)/t9-/m1/s1. The van der Waals surface area contributed by atoms with Crippen LogP contribution in [0.1, 0.15) is 53.8 Å². The van der Waals surface area contributed by atoms with Crippen LogP contribution < -0.4 is 10.6 Å². The first-order valence-corrected chi connectivity index (χ1v) is 8.65. The third-order valence-electron chi connectivity index (χ3n) is 3.98. The van der Waals surface area contributed by atoms with Crippen LogP contribution in [0.5, 0.6) is 0 Å². The summed E-state index contributed by atoms with van der Waals surface area (Å²) in [5.41, 5.74) is 0.766. The van der Waals surface area contributed by atoms with Crippen molar-refractivity contribution in [2.75, 3.05) is 19.4 Å². The Morgan fingerprint density at radius 3 is 2.73 bits per heavy atom. The summed E-state index contributed by atoms with van der Waals surface area (Å²) in [6.45, 7) is 1.76. The number of aromatic nitrogens is 2. The molecule has 0 saturated heterocycles. The minimum absolute atomic E-state index is 0.245. The molecule has 1 fully saturated rings. The predicted molar refractivity (Wildman–Crippen MR) is 96.3 cm³/mol. The summed E-state index contributed by atoms with van der Waals surface area (Å²) in [5.74, 6) is 1.20. The molecular weight excluding hydrogens is 358 g/mol. The highest BCUT2D eigenvalue weighted by Crippen LogP contribution is 2.38. The Hall–Kier alpha value is -2.61. The van der Waals surface area contributed by atoms with Gasteiger partial charge in [0.15, 0.2) is 5.82 Å². The van der Waals surface area contributed by atoms with E-state index in [0.717, 1.165) is 12.8 Å². The van der Waals surface area contributed by atoms with Gasteiger partial charge < -0.3 is 20.1 Å². The fourth-order valence-corrected chi connectivity index (χ4v) is 2.56. The lowest BCUT2D eigenvalue weighted by Crippen LogP contribution is -2.31. The van der Waals surface area contributed by atoms with Gasteiger partial charge in [-0.25, -0.2) is 4.79 Å². The monoisotopic (exact) mass is 377 g/mol. The van der Waals surface area contributed by atoms with Gasteiger partial charge in [-0.05, 0) is 38.0 Å². The van der Waals surface area contributed by atoms with Crippen LogP contribution in [-0.2, 0) is 0 Å². The summed E-state index contributed by atoms with van der Waals surface area (Å²) in [7, 11) is 3.26. The Balaban J connectivity index is 1.63. The van der Waals surface area contributed by atoms with Gasteiger partial charge in [0.1, 0.15) is 6.04 Å². The van der Waals surface area contributed by atoms with Crippen molar-refractivity contribution in [2.24, 2.45) is 0 Å². The maximum Gasteiger partial charge on any atom is 0.319 e. The molecule has 2 N–H and O–H groups in total. The van der Waals surface area contributed by atoms with E-state index < -0.39 is 12.1 Å². The minimum Gasteiger partial charge on any atom is -0.345 e. The van der Waals surface area contributed by atoms with Crippen LogP contribution in [0.25, 0.3) is 0 Å². The van der Waals surface area contributed by atoms with E-state index in [4.69, 9.17) is 16.1 Å². The molecule has 0 bridgehead atoms. The SMILES string of the molecule is C[C@@H](NC(=O)Nc1ccc(Cl)c(C(=O)N(C)C)c1)c1nc(C2CC2)no1. The summed E-state index contributed by atoms with van der Waals surface area (Å²) in [6, 6.07) is 3.83. The van der Waals surface area contributed by atoms with E-state index in [1.54, 1.807) is 33.2 Å². The molecule has 1 heterocycles. The van der Waals surface area contributed by atoms with Gasteiger partial charge in [0.2, 0.25) is 5.89 Å². The third kappa shape index (κ3) is 4.13. The zero-order chi connectivity index (χ0) is 18.8. The Morgan fingerprint density at radius 1 is 1.35 bits per heavy atom. The zero-order valence-corrected chi connectivity index (χ0v) is 15.5. The minimum atomic E-state index is -0.450. The molecule has 8 nitrogen and oxygen atoms in total. The number of anilines is 1. The first-order chi connectivity index (χ1) is 12.3. The van der Waals surface area contributed by atoms with Crippen molar-refractivity contribution in [3.8, 4) is 0 Å². The van der Waals surface area contributed by atoms with Crippen LogP contribution in [0, 0.1) is 0 Å². The van der Waals surface area contributed by atoms with Gasteiger partial charge in [-0.2, -0.15) is 4.98 Å². The summed E-state index contributed by atoms with van der Waals surface area (Å²) >= 11 is 6.07.